The van der Waals surface area contributed by atoms with Gasteiger partial charge in [-0.15, -0.1) is 0 Å². The summed E-state index contributed by atoms with van der Waals surface area (Å²) in [6, 6.07) is -0.245. The van der Waals surface area contributed by atoms with E-state index in [4.69, 9.17) is 0 Å². The molecular formula is C22H31N7O3. The fraction of sp³-hybridized carbons (Fsp3) is 0.591. The van der Waals surface area contributed by atoms with E-state index in [2.05, 4.69) is 10.1 Å². The van der Waals surface area contributed by atoms with Crippen LogP contribution in [0.15, 0.2) is 24.9 Å². The van der Waals surface area contributed by atoms with Gasteiger partial charge in [-0.25, -0.2) is 9.78 Å². The van der Waals surface area contributed by atoms with Crippen LogP contribution < -0.4 is 0 Å². The van der Waals surface area contributed by atoms with Gasteiger partial charge in [-0.05, 0) is 25.7 Å². The summed E-state index contributed by atoms with van der Waals surface area (Å²) in [5, 5.41) is 4.34. The Morgan fingerprint density at radius 2 is 1.94 bits per heavy atom. The van der Waals surface area contributed by atoms with E-state index in [9.17, 15) is 14.4 Å². The first-order valence-electron chi connectivity index (χ1n) is 11.1. The minimum absolute atomic E-state index is 0.00660. The second-order valence-corrected chi connectivity index (χ2v) is 9.24. The van der Waals surface area contributed by atoms with Crippen LogP contribution in [0.1, 0.15) is 37.9 Å². The number of urea groups is 1. The van der Waals surface area contributed by atoms with Crippen molar-refractivity contribution in [2.45, 2.75) is 52.2 Å². The van der Waals surface area contributed by atoms with Crippen LogP contribution in [0.25, 0.3) is 0 Å². The van der Waals surface area contributed by atoms with Crippen LogP contribution in [0.4, 0.5) is 4.79 Å². The Hall–Kier alpha value is -3.17. The molecule has 0 N–H and O–H groups in total. The third-order valence-corrected chi connectivity index (χ3v) is 6.43. The number of carbonyl (C=O) groups is 3. The van der Waals surface area contributed by atoms with Crippen molar-refractivity contribution in [1.29, 1.82) is 0 Å². The van der Waals surface area contributed by atoms with E-state index >= 15 is 0 Å². The lowest BCUT2D eigenvalue weighted by molar-refractivity contribution is -0.141. The molecule has 2 aliphatic heterocycles. The van der Waals surface area contributed by atoms with Gasteiger partial charge in [0.25, 0.3) is 5.91 Å². The number of rotatable bonds is 6. The Kier molecular flexibility index (Phi) is 5.79. The van der Waals surface area contributed by atoms with Crippen LogP contribution in [-0.4, -0.2) is 77.0 Å². The highest BCUT2D eigenvalue weighted by atomic mass is 16.2. The Labute approximate surface area is 187 Å². The van der Waals surface area contributed by atoms with E-state index in [1.165, 1.54) is 4.90 Å². The van der Waals surface area contributed by atoms with E-state index in [1.54, 1.807) is 37.8 Å². The van der Waals surface area contributed by atoms with Crippen LogP contribution in [0.5, 0.6) is 0 Å². The highest BCUT2D eigenvalue weighted by molar-refractivity contribution is 6.07. The van der Waals surface area contributed by atoms with Crippen molar-refractivity contribution in [2.24, 2.45) is 13.0 Å². The minimum atomic E-state index is -0.886. The molecule has 1 spiro atoms. The van der Waals surface area contributed by atoms with Crippen LogP contribution in [-0.2, 0) is 29.7 Å². The van der Waals surface area contributed by atoms with Gasteiger partial charge in [0.2, 0.25) is 5.91 Å². The smallest absolute Gasteiger partial charge is 0.328 e. The molecule has 10 heteroatoms. The number of aromatic nitrogens is 4. The lowest BCUT2D eigenvalue weighted by atomic mass is 9.85. The molecule has 0 aromatic carbocycles. The van der Waals surface area contributed by atoms with E-state index in [1.807, 2.05) is 34.0 Å². The van der Waals surface area contributed by atoms with Crippen molar-refractivity contribution in [3.05, 3.63) is 36.2 Å². The van der Waals surface area contributed by atoms with Gasteiger partial charge in [-0.1, -0.05) is 13.8 Å². The molecule has 2 aromatic heterocycles. The minimum Gasteiger partial charge on any atom is -0.341 e. The molecule has 172 valence electrons. The predicted octanol–water partition coefficient (Wildman–Crippen LogP) is 1.41. The Bertz CT molecular complexity index is 1000. The number of piperidine rings is 1. The highest BCUT2D eigenvalue weighted by Gasteiger charge is 2.58. The Morgan fingerprint density at radius 3 is 2.50 bits per heavy atom. The molecule has 10 nitrogen and oxygen atoms in total. The number of likely N-dealkylation sites (tertiary alicyclic amines) is 1. The first kappa shape index (κ1) is 22.0. The third kappa shape index (κ3) is 3.89. The number of hydrogen-bond donors (Lipinski definition) is 0. The number of carbonyl (C=O) groups excluding carboxylic acids is 3. The van der Waals surface area contributed by atoms with Crippen molar-refractivity contribution in [1.82, 2.24) is 34.0 Å². The van der Waals surface area contributed by atoms with Crippen molar-refractivity contribution < 1.29 is 14.4 Å². The van der Waals surface area contributed by atoms with Gasteiger partial charge in [-0.3, -0.25) is 19.2 Å². The summed E-state index contributed by atoms with van der Waals surface area (Å²) >= 11 is 0. The predicted molar refractivity (Wildman–Crippen MR) is 116 cm³/mol. The summed E-state index contributed by atoms with van der Waals surface area (Å²) < 4.78 is 3.43. The van der Waals surface area contributed by atoms with Crippen molar-refractivity contribution >= 4 is 17.8 Å². The largest absolute Gasteiger partial charge is 0.341 e. The maximum Gasteiger partial charge on any atom is 0.328 e. The molecule has 0 radical (unpaired) electrons. The molecule has 4 rings (SSSR count). The summed E-state index contributed by atoms with van der Waals surface area (Å²) in [7, 11) is 1.83. The molecule has 0 saturated carbocycles. The highest BCUT2D eigenvalue weighted by Crippen LogP contribution is 2.38. The zero-order chi connectivity index (χ0) is 23.0. The summed E-state index contributed by atoms with van der Waals surface area (Å²) in [6.07, 6.45) is 7.76. The van der Waals surface area contributed by atoms with E-state index in [-0.39, 0.29) is 36.9 Å². The van der Waals surface area contributed by atoms with Gasteiger partial charge in [0.05, 0.1) is 18.6 Å². The molecule has 32 heavy (non-hydrogen) atoms. The fourth-order valence-electron chi connectivity index (χ4n) is 4.76. The third-order valence-electron chi connectivity index (χ3n) is 6.43. The van der Waals surface area contributed by atoms with Crippen LogP contribution >= 0.6 is 0 Å². The molecule has 2 saturated heterocycles. The topological polar surface area (TPSA) is 96.6 Å². The maximum absolute atomic E-state index is 13.7. The standard InChI is InChI=1S/C22H31N7O3/c1-16(2)11-29-21(32)28(13-18-12-25(4)24-17(18)3)20(31)22(29)5-8-27(9-6-22)19(30)14-26-10-7-23-15-26/h7,10,12,15-16H,5-6,8-9,11,13-14H2,1-4H3. The summed E-state index contributed by atoms with van der Waals surface area (Å²) in [6.45, 7) is 7.82. The quantitative estimate of drug-likeness (QED) is 0.632. The zero-order valence-corrected chi connectivity index (χ0v) is 19.2. The first-order valence-corrected chi connectivity index (χ1v) is 11.1. The van der Waals surface area contributed by atoms with E-state index < -0.39 is 5.54 Å². The SMILES string of the molecule is Cc1nn(C)cc1CN1C(=O)N(CC(C)C)C2(CCN(C(=O)Cn3ccnc3)CC2)C1=O. The molecule has 0 bridgehead atoms. The molecule has 2 fully saturated rings. The molecular weight excluding hydrogens is 410 g/mol. The maximum atomic E-state index is 13.7. The summed E-state index contributed by atoms with van der Waals surface area (Å²) in [4.78, 5) is 48.6. The molecule has 2 aliphatic rings. The Balaban J connectivity index is 1.53. The summed E-state index contributed by atoms with van der Waals surface area (Å²) in [5.74, 6) is 0.0607. The average molecular weight is 442 g/mol. The van der Waals surface area contributed by atoms with Crippen molar-refractivity contribution in [2.75, 3.05) is 19.6 Å². The van der Waals surface area contributed by atoms with E-state index in [0.29, 0.717) is 32.5 Å². The number of hydrogen-bond acceptors (Lipinski definition) is 5. The van der Waals surface area contributed by atoms with Gasteiger partial charge in [0.15, 0.2) is 0 Å². The fourth-order valence-corrected chi connectivity index (χ4v) is 4.76. The van der Waals surface area contributed by atoms with Gasteiger partial charge in [0, 0.05) is 50.8 Å². The van der Waals surface area contributed by atoms with Crippen LogP contribution in [0.3, 0.4) is 0 Å². The number of aryl methyl sites for hydroxylation is 2. The lowest BCUT2D eigenvalue weighted by Crippen LogP contribution is -2.58. The number of nitrogens with zero attached hydrogens (tertiary/aromatic N) is 7. The average Bonchev–Trinajstić information content (AvgIpc) is 3.41. The van der Waals surface area contributed by atoms with Crippen molar-refractivity contribution in [3.8, 4) is 0 Å². The molecule has 0 unspecified atom stereocenters. The Morgan fingerprint density at radius 1 is 1.22 bits per heavy atom. The zero-order valence-electron chi connectivity index (χ0n) is 19.2. The van der Waals surface area contributed by atoms with E-state index in [0.717, 1.165) is 11.3 Å². The molecule has 4 amide bonds. The second-order valence-electron chi connectivity index (χ2n) is 9.24. The van der Waals surface area contributed by atoms with Crippen LogP contribution in [0.2, 0.25) is 0 Å². The van der Waals surface area contributed by atoms with Crippen LogP contribution in [0, 0.1) is 12.8 Å². The lowest BCUT2D eigenvalue weighted by Gasteiger charge is -2.42. The summed E-state index contributed by atoms with van der Waals surface area (Å²) in [5.41, 5.74) is 0.788. The van der Waals surface area contributed by atoms with Gasteiger partial charge in [-0.2, -0.15) is 5.10 Å². The molecule has 2 aromatic rings. The number of amides is 4. The molecule has 0 aliphatic carbocycles. The van der Waals surface area contributed by atoms with Gasteiger partial charge < -0.3 is 14.4 Å². The van der Waals surface area contributed by atoms with Crippen molar-refractivity contribution in [3.63, 3.8) is 0 Å². The molecule has 0 atom stereocenters. The normalized spacial score (nSPS) is 18.5. The number of imide groups is 1. The van der Waals surface area contributed by atoms with Gasteiger partial charge in [0.1, 0.15) is 12.1 Å². The number of imidazole rings is 1. The molecule has 4 heterocycles. The van der Waals surface area contributed by atoms with Gasteiger partial charge >= 0.3 is 6.03 Å². The second kappa shape index (κ2) is 8.40. The monoisotopic (exact) mass is 441 g/mol. The first-order chi connectivity index (χ1) is 15.2.